The van der Waals surface area contributed by atoms with Crippen LogP contribution in [0.25, 0.3) is 6.08 Å². The maximum atomic E-state index is 12.1. The summed E-state index contributed by atoms with van der Waals surface area (Å²) in [6, 6.07) is 10.4. The molecule has 0 unspecified atom stereocenters. The van der Waals surface area contributed by atoms with E-state index in [1.807, 2.05) is 24.4 Å². The first-order valence-corrected chi connectivity index (χ1v) is 8.63. The van der Waals surface area contributed by atoms with E-state index in [0.717, 1.165) is 6.42 Å². The molecule has 5 heteroatoms. The average molecular weight is 324 g/mol. The van der Waals surface area contributed by atoms with Crippen LogP contribution in [0.3, 0.4) is 0 Å². The highest BCUT2D eigenvalue weighted by Gasteiger charge is 2.21. The predicted octanol–water partition coefficient (Wildman–Crippen LogP) is 3.03. The van der Waals surface area contributed by atoms with Crippen LogP contribution < -0.4 is 5.32 Å². The Bertz CT molecular complexity index is 692. The SMILES string of the molecule is C[C@@H]1CCCC[C@H]1NC(=O)/C=C/c1cn(Cc2ccccc2)nn1. The zero-order valence-electron chi connectivity index (χ0n) is 14.1. The van der Waals surface area contributed by atoms with Crippen LogP contribution in [-0.2, 0) is 11.3 Å². The number of aromatic nitrogens is 3. The lowest BCUT2D eigenvalue weighted by Crippen LogP contribution is -2.40. The summed E-state index contributed by atoms with van der Waals surface area (Å²) >= 11 is 0. The van der Waals surface area contributed by atoms with Gasteiger partial charge in [0.05, 0.1) is 12.7 Å². The summed E-state index contributed by atoms with van der Waals surface area (Å²) in [6.07, 6.45) is 9.87. The van der Waals surface area contributed by atoms with Crippen LogP contribution in [0, 0.1) is 5.92 Å². The second-order valence-corrected chi connectivity index (χ2v) is 6.54. The van der Waals surface area contributed by atoms with Crippen molar-refractivity contribution in [2.24, 2.45) is 5.92 Å². The molecule has 0 saturated heterocycles. The lowest BCUT2D eigenvalue weighted by atomic mass is 9.86. The molecular formula is C19H24N4O. The van der Waals surface area contributed by atoms with Crippen LogP contribution in [0.4, 0.5) is 0 Å². The molecule has 1 aliphatic rings. The van der Waals surface area contributed by atoms with E-state index >= 15 is 0 Å². The number of hydrogen-bond acceptors (Lipinski definition) is 3. The Morgan fingerprint density at radius 1 is 1.29 bits per heavy atom. The van der Waals surface area contributed by atoms with Crippen molar-refractivity contribution in [3.8, 4) is 0 Å². The highest BCUT2D eigenvalue weighted by atomic mass is 16.1. The molecule has 0 spiro atoms. The molecule has 2 aromatic rings. The van der Waals surface area contributed by atoms with Crippen LogP contribution >= 0.6 is 0 Å². The quantitative estimate of drug-likeness (QED) is 0.860. The molecule has 5 nitrogen and oxygen atoms in total. The first kappa shape index (κ1) is 16.4. The highest BCUT2D eigenvalue weighted by Crippen LogP contribution is 2.23. The number of amides is 1. The molecule has 0 radical (unpaired) electrons. The van der Waals surface area contributed by atoms with Gasteiger partial charge in [0, 0.05) is 12.1 Å². The molecule has 3 rings (SSSR count). The number of carbonyl (C=O) groups is 1. The molecule has 0 bridgehead atoms. The van der Waals surface area contributed by atoms with E-state index in [4.69, 9.17) is 0 Å². The van der Waals surface area contributed by atoms with Crippen molar-refractivity contribution < 1.29 is 4.79 Å². The topological polar surface area (TPSA) is 59.8 Å². The summed E-state index contributed by atoms with van der Waals surface area (Å²) in [7, 11) is 0. The molecule has 1 aromatic carbocycles. The van der Waals surface area contributed by atoms with Crippen molar-refractivity contribution in [1.29, 1.82) is 0 Å². The second kappa shape index (κ2) is 7.90. The average Bonchev–Trinajstić information content (AvgIpc) is 3.03. The third-order valence-electron chi connectivity index (χ3n) is 4.59. The van der Waals surface area contributed by atoms with Crippen LogP contribution in [0.15, 0.2) is 42.6 Å². The summed E-state index contributed by atoms with van der Waals surface area (Å²) in [6.45, 7) is 2.89. The second-order valence-electron chi connectivity index (χ2n) is 6.54. The molecule has 1 N–H and O–H groups in total. The predicted molar refractivity (Wildman–Crippen MR) is 94.2 cm³/mol. The fourth-order valence-corrected chi connectivity index (χ4v) is 3.16. The van der Waals surface area contributed by atoms with Crippen molar-refractivity contribution in [1.82, 2.24) is 20.3 Å². The van der Waals surface area contributed by atoms with E-state index < -0.39 is 0 Å². The minimum absolute atomic E-state index is 0.0497. The molecule has 2 atom stereocenters. The Morgan fingerprint density at radius 3 is 2.88 bits per heavy atom. The lowest BCUT2D eigenvalue weighted by molar-refractivity contribution is -0.117. The van der Waals surface area contributed by atoms with Gasteiger partial charge in [-0.15, -0.1) is 5.10 Å². The maximum Gasteiger partial charge on any atom is 0.244 e. The third kappa shape index (κ3) is 4.54. The summed E-state index contributed by atoms with van der Waals surface area (Å²) in [5.41, 5.74) is 1.86. The molecule has 24 heavy (non-hydrogen) atoms. The van der Waals surface area contributed by atoms with Crippen LogP contribution in [0.1, 0.15) is 43.9 Å². The van der Waals surface area contributed by atoms with E-state index in [-0.39, 0.29) is 5.91 Å². The molecule has 1 aromatic heterocycles. The Kier molecular flexibility index (Phi) is 5.41. The lowest BCUT2D eigenvalue weighted by Gasteiger charge is -2.29. The van der Waals surface area contributed by atoms with E-state index in [2.05, 4.69) is 34.7 Å². The number of nitrogens with zero attached hydrogens (tertiary/aromatic N) is 3. The van der Waals surface area contributed by atoms with Crippen LogP contribution in [0.5, 0.6) is 0 Å². The van der Waals surface area contributed by atoms with Crippen molar-refractivity contribution in [3.63, 3.8) is 0 Å². The van der Waals surface area contributed by atoms with E-state index in [1.54, 1.807) is 16.8 Å². The Balaban J connectivity index is 1.53. The number of hydrogen-bond donors (Lipinski definition) is 1. The smallest absolute Gasteiger partial charge is 0.244 e. The maximum absolute atomic E-state index is 12.1. The van der Waals surface area contributed by atoms with E-state index in [0.29, 0.717) is 24.2 Å². The van der Waals surface area contributed by atoms with Crippen molar-refractivity contribution in [2.45, 2.75) is 45.2 Å². The number of carbonyl (C=O) groups excluding carboxylic acids is 1. The normalized spacial score (nSPS) is 21.0. The minimum atomic E-state index is -0.0497. The van der Waals surface area contributed by atoms with Gasteiger partial charge in [0.2, 0.25) is 5.91 Å². The Hall–Kier alpha value is -2.43. The summed E-state index contributed by atoms with van der Waals surface area (Å²) in [4.78, 5) is 12.1. The first-order chi connectivity index (χ1) is 11.7. The summed E-state index contributed by atoms with van der Waals surface area (Å²) < 4.78 is 1.77. The van der Waals surface area contributed by atoms with E-state index in [9.17, 15) is 4.79 Å². The monoisotopic (exact) mass is 324 g/mol. The molecule has 1 saturated carbocycles. The zero-order valence-corrected chi connectivity index (χ0v) is 14.1. The molecule has 1 heterocycles. The minimum Gasteiger partial charge on any atom is -0.350 e. The molecular weight excluding hydrogens is 300 g/mol. The van der Waals surface area contributed by atoms with Gasteiger partial charge in [-0.3, -0.25) is 4.79 Å². The Labute approximate surface area is 142 Å². The van der Waals surface area contributed by atoms with Gasteiger partial charge in [-0.05, 0) is 30.4 Å². The zero-order chi connectivity index (χ0) is 16.8. The van der Waals surface area contributed by atoms with Gasteiger partial charge in [0.25, 0.3) is 0 Å². The first-order valence-electron chi connectivity index (χ1n) is 8.63. The number of benzene rings is 1. The van der Waals surface area contributed by atoms with E-state index in [1.165, 1.54) is 24.8 Å². The van der Waals surface area contributed by atoms with Crippen molar-refractivity contribution in [2.75, 3.05) is 0 Å². The molecule has 1 amide bonds. The number of nitrogens with one attached hydrogen (secondary N) is 1. The Morgan fingerprint density at radius 2 is 2.08 bits per heavy atom. The fourth-order valence-electron chi connectivity index (χ4n) is 3.16. The third-order valence-corrected chi connectivity index (χ3v) is 4.59. The van der Waals surface area contributed by atoms with Crippen LogP contribution in [0.2, 0.25) is 0 Å². The standard InChI is InChI=1S/C19H24N4O/c1-15-7-5-6-10-18(15)20-19(24)12-11-17-14-23(22-21-17)13-16-8-3-2-4-9-16/h2-4,8-9,11-12,14-15,18H,5-7,10,13H2,1H3,(H,20,24)/b12-11+/t15-,18-/m1/s1. The summed E-state index contributed by atoms with van der Waals surface area (Å²) in [5.74, 6) is 0.509. The summed E-state index contributed by atoms with van der Waals surface area (Å²) in [5, 5.41) is 11.3. The van der Waals surface area contributed by atoms with Gasteiger partial charge in [-0.1, -0.05) is 55.3 Å². The molecule has 0 aliphatic heterocycles. The van der Waals surface area contributed by atoms with Gasteiger partial charge in [-0.25, -0.2) is 4.68 Å². The molecule has 1 aliphatic carbocycles. The van der Waals surface area contributed by atoms with Gasteiger partial charge in [0.15, 0.2) is 0 Å². The van der Waals surface area contributed by atoms with Gasteiger partial charge >= 0.3 is 0 Å². The highest BCUT2D eigenvalue weighted by molar-refractivity contribution is 5.91. The van der Waals surface area contributed by atoms with Gasteiger partial charge in [0.1, 0.15) is 5.69 Å². The van der Waals surface area contributed by atoms with Crippen LogP contribution in [-0.4, -0.2) is 26.9 Å². The van der Waals surface area contributed by atoms with Crippen molar-refractivity contribution >= 4 is 12.0 Å². The molecule has 126 valence electrons. The number of rotatable bonds is 5. The molecule has 1 fully saturated rings. The van der Waals surface area contributed by atoms with Gasteiger partial charge in [-0.2, -0.15) is 0 Å². The largest absolute Gasteiger partial charge is 0.350 e. The van der Waals surface area contributed by atoms with Crippen molar-refractivity contribution in [3.05, 3.63) is 53.9 Å². The fraction of sp³-hybridized carbons (Fsp3) is 0.421. The van der Waals surface area contributed by atoms with Gasteiger partial charge < -0.3 is 5.32 Å².